The predicted octanol–water partition coefficient (Wildman–Crippen LogP) is 3.90. The number of anilines is 1. The lowest BCUT2D eigenvalue weighted by Gasteiger charge is -2.15. The van der Waals surface area contributed by atoms with Crippen molar-refractivity contribution in [1.82, 2.24) is 5.32 Å². The minimum Gasteiger partial charge on any atom is -0.326 e. The van der Waals surface area contributed by atoms with E-state index in [9.17, 15) is 4.79 Å². The van der Waals surface area contributed by atoms with Gasteiger partial charge in [-0.3, -0.25) is 15.5 Å². The SMILES string of the molecule is Cc1ccccc1C(=O)NC(=N)Nc1ccccc1C(C)C. The second-order valence-corrected chi connectivity index (χ2v) is 5.51. The molecule has 0 atom stereocenters. The van der Waals surface area contributed by atoms with E-state index >= 15 is 0 Å². The van der Waals surface area contributed by atoms with Gasteiger partial charge in [0.25, 0.3) is 5.91 Å². The van der Waals surface area contributed by atoms with Gasteiger partial charge < -0.3 is 5.32 Å². The number of carbonyl (C=O) groups excluding carboxylic acids is 1. The topological polar surface area (TPSA) is 65.0 Å². The zero-order chi connectivity index (χ0) is 16.1. The summed E-state index contributed by atoms with van der Waals surface area (Å²) in [6, 6.07) is 15.1. The van der Waals surface area contributed by atoms with Gasteiger partial charge in [0.2, 0.25) is 0 Å². The van der Waals surface area contributed by atoms with Crippen molar-refractivity contribution in [3.63, 3.8) is 0 Å². The molecule has 0 aromatic heterocycles. The molecule has 0 saturated carbocycles. The van der Waals surface area contributed by atoms with Crippen molar-refractivity contribution in [2.45, 2.75) is 26.7 Å². The van der Waals surface area contributed by atoms with Gasteiger partial charge in [-0.25, -0.2) is 0 Å². The minimum absolute atomic E-state index is 0.0265. The van der Waals surface area contributed by atoms with E-state index in [0.29, 0.717) is 11.5 Å². The number of guanidine groups is 1. The quantitative estimate of drug-likeness (QED) is 0.594. The minimum atomic E-state index is -0.280. The van der Waals surface area contributed by atoms with E-state index in [0.717, 1.165) is 16.8 Å². The Hall–Kier alpha value is -2.62. The van der Waals surface area contributed by atoms with Crippen LogP contribution >= 0.6 is 0 Å². The highest BCUT2D eigenvalue weighted by molar-refractivity contribution is 6.09. The summed E-state index contributed by atoms with van der Waals surface area (Å²) < 4.78 is 0. The molecule has 0 fully saturated rings. The summed E-state index contributed by atoms with van der Waals surface area (Å²) in [7, 11) is 0. The highest BCUT2D eigenvalue weighted by atomic mass is 16.1. The number of rotatable bonds is 3. The van der Waals surface area contributed by atoms with E-state index in [1.54, 1.807) is 6.07 Å². The second-order valence-electron chi connectivity index (χ2n) is 5.51. The number of para-hydroxylation sites is 1. The monoisotopic (exact) mass is 295 g/mol. The number of aryl methyl sites for hydroxylation is 1. The molecule has 3 N–H and O–H groups in total. The van der Waals surface area contributed by atoms with Crippen LogP contribution in [0.3, 0.4) is 0 Å². The summed E-state index contributed by atoms with van der Waals surface area (Å²) in [6.45, 7) is 6.06. The first kappa shape index (κ1) is 15.8. The van der Waals surface area contributed by atoms with E-state index in [2.05, 4.69) is 24.5 Å². The fourth-order valence-electron chi connectivity index (χ4n) is 2.29. The lowest BCUT2D eigenvalue weighted by Crippen LogP contribution is -2.35. The summed E-state index contributed by atoms with van der Waals surface area (Å²) in [6.07, 6.45) is 0. The fourth-order valence-corrected chi connectivity index (χ4v) is 2.29. The number of carbonyl (C=O) groups is 1. The number of hydrogen-bond donors (Lipinski definition) is 3. The molecule has 0 unspecified atom stereocenters. The Morgan fingerprint density at radius 3 is 2.36 bits per heavy atom. The van der Waals surface area contributed by atoms with Crippen LogP contribution in [0.1, 0.15) is 41.3 Å². The molecule has 0 heterocycles. The van der Waals surface area contributed by atoms with Crippen molar-refractivity contribution in [3.05, 3.63) is 65.2 Å². The summed E-state index contributed by atoms with van der Waals surface area (Å²) in [4.78, 5) is 12.2. The largest absolute Gasteiger partial charge is 0.326 e. The Bertz CT molecular complexity index is 692. The third kappa shape index (κ3) is 3.73. The normalized spacial score (nSPS) is 10.4. The molecule has 2 aromatic carbocycles. The van der Waals surface area contributed by atoms with Gasteiger partial charge in [0, 0.05) is 11.3 Å². The van der Waals surface area contributed by atoms with Crippen LogP contribution in [-0.4, -0.2) is 11.9 Å². The smallest absolute Gasteiger partial charge is 0.258 e. The fraction of sp³-hybridized carbons (Fsp3) is 0.222. The zero-order valence-corrected chi connectivity index (χ0v) is 13.1. The Morgan fingerprint density at radius 1 is 1.05 bits per heavy atom. The predicted molar refractivity (Wildman–Crippen MR) is 90.5 cm³/mol. The standard InChI is InChI=1S/C18H21N3O/c1-12(2)14-9-6-7-11-16(14)20-18(19)21-17(22)15-10-5-4-8-13(15)3/h4-12H,1-3H3,(H3,19,20,21,22). The molecule has 114 valence electrons. The van der Waals surface area contributed by atoms with Gasteiger partial charge in [-0.2, -0.15) is 0 Å². The summed E-state index contributed by atoms with van der Waals surface area (Å²) in [5, 5.41) is 13.5. The third-order valence-electron chi connectivity index (χ3n) is 3.47. The molecule has 2 aromatic rings. The molecule has 0 bridgehead atoms. The van der Waals surface area contributed by atoms with Gasteiger partial charge in [-0.15, -0.1) is 0 Å². The maximum atomic E-state index is 12.2. The van der Waals surface area contributed by atoms with Crippen molar-refractivity contribution >= 4 is 17.6 Å². The van der Waals surface area contributed by atoms with Crippen molar-refractivity contribution in [2.24, 2.45) is 0 Å². The molecule has 0 aliphatic rings. The molecule has 0 aliphatic carbocycles. The first-order chi connectivity index (χ1) is 10.5. The van der Waals surface area contributed by atoms with Gasteiger partial charge in [0.15, 0.2) is 5.96 Å². The van der Waals surface area contributed by atoms with Crippen LogP contribution in [0.25, 0.3) is 0 Å². The maximum Gasteiger partial charge on any atom is 0.258 e. The average Bonchev–Trinajstić information content (AvgIpc) is 2.47. The van der Waals surface area contributed by atoms with Crippen molar-refractivity contribution in [2.75, 3.05) is 5.32 Å². The number of amides is 1. The van der Waals surface area contributed by atoms with Crippen molar-refractivity contribution < 1.29 is 4.79 Å². The molecule has 4 nitrogen and oxygen atoms in total. The molecular weight excluding hydrogens is 274 g/mol. The van der Waals surface area contributed by atoms with Gasteiger partial charge in [-0.1, -0.05) is 50.2 Å². The molecule has 0 radical (unpaired) electrons. The summed E-state index contributed by atoms with van der Waals surface area (Å²) in [5.74, 6) is 0.0301. The lowest BCUT2D eigenvalue weighted by molar-refractivity contribution is 0.0976. The summed E-state index contributed by atoms with van der Waals surface area (Å²) in [5.41, 5.74) is 3.41. The van der Waals surface area contributed by atoms with Crippen LogP contribution in [0.5, 0.6) is 0 Å². The molecule has 2 rings (SSSR count). The highest BCUT2D eigenvalue weighted by Crippen LogP contribution is 2.23. The Labute approximate surface area is 131 Å². The molecule has 0 aliphatic heterocycles. The lowest BCUT2D eigenvalue weighted by atomic mass is 10.0. The molecular formula is C18H21N3O. The van der Waals surface area contributed by atoms with Crippen LogP contribution in [0.15, 0.2) is 48.5 Å². The Kier molecular flexibility index (Phi) is 4.94. The second kappa shape index (κ2) is 6.89. The molecule has 22 heavy (non-hydrogen) atoms. The molecule has 1 amide bonds. The average molecular weight is 295 g/mol. The van der Waals surface area contributed by atoms with E-state index in [1.807, 2.05) is 49.4 Å². The van der Waals surface area contributed by atoms with Crippen LogP contribution < -0.4 is 10.6 Å². The van der Waals surface area contributed by atoms with Crippen molar-refractivity contribution in [1.29, 1.82) is 5.41 Å². The van der Waals surface area contributed by atoms with Crippen molar-refractivity contribution in [3.8, 4) is 0 Å². The van der Waals surface area contributed by atoms with E-state index in [1.165, 1.54) is 0 Å². The van der Waals surface area contributed by atoms with Gasteiger partial charge >= 0.3 is 0 Å². The Morgan fingerprint density at radius 2 is 1.68 bits per heavy atom. The number of benzene rings is 2. The molecule has 0 spiro atoms. The number of hydrogen-bond acceptors (Lipinski definition) is 2. The van der Waals surface area contributed by atoms with Crippen LogP contribution in [-0.2, 0) is 0 Å². The molecule has 4 heteroatoms. The van der Waals surface area contributed by atoms with Gasteiger partial charge in [0.1, 0.15) is 0 Å². The van der Waals surface area contributed by atoms with Crippen LogP contribution in [0.4, 0.5) is 5.69 Å². The highest BCUT2D eigenvalue weighted by Gasteiger charge is 2.12. The first-order valence-corrected chi connectivity index (χ1v) is 7.30. The zero-order valence-electron chi connectivity index (χ0n) is 13.1. The van der Waals surface area contributed by atoms with E-state index in [-0.39, 0.29) is 11.9 Å². The maximum absolute atomic E-state index is 12.2. The van der Waals surface area contributed by atoms with Gasteiger partial charge in [-0.05, 0) is 36.1 Å². The molecule has 0 saturated heterocycles. The summed E-state index contributed by atoms with van der Waals surface area (Å²) >= 11 is 0. The van der Waals surface area contributed by atoms with E-state index < -0.39 is 0 Å². The Balaban J connectivity index is 2.08. The van der Waals surface area contributed by atoms with E-state index in [4.69, 9.17) is 5.41 Å². The third-order valence-corrected chi connectivity index (χ3v) is 3.47. The first-order valence-electron chi connectivity index (χ1n) is 7.30. The van der Waals surface area contributed by atoms with Crippen LogP contribution in [0.2, 0.25) is 0 Å². The van der Waals surface area contributed by atoms with Gasteiger partial charge in [0.05, 0.1) is 0 Å². The number of nitrogens with one attached hydrogen (secondary N) is 3. The van der Waals surface area contributed by atoms with Crippen LogP contribution in [0, 0.1) is 12.3 Å².